The molecule has 0 unspecified atom stereocenters. The average molecular weight is 433 g/mol. The summed E-state index contributed by atoms with van der Waals surface area (Å²) in [6.07, 6.45) is 0. The van der Waals surface area contributed by atoms with Crippen molar-refractivity contribution in [2.45, 2.75) is 20.1 Å². The first kappa shape index (κ1) is 21.0. The lowest BCUT2D eigenvalue weighted by molar-refractivity contribution is 0.102. The molecule has 0 atom stereocenters. The van der Waals surface area contributed by atoms with E-state index in [1.807, 2.05) is 0 Å². The van der Waals surface area contributed by atoms with Gasteiger partial charge in [0.1, 0.15) is 18.2 Å². The minimum absolute atomic E-state index is 0.183. The number of anilines is 1. The topological polar surface area (TPSA) is 93.2 Å². The van der Waals surface area contributed by atoms with Gasteiger partial charge < -0.3 is 15.0 Å². The van der Waals surface area contributed by atoms with Crippen LogP contribution in [0.5, 0.6) is 5.75 Å². The van der Waals surface area contributed by atoms with Crippen LogP contribution >= 0.6 is 0 Å². The molecule has 4 aromatic rings. The molecule has 7 nitrogen and oxygen atoms in total. The van der Waals surface area contributed by atoms with Crippen molar-refractivity contribution in [3.05, 3.63) is 105 Å². The third kappa shape index (κ3) is 4.44. The zero-order chi connectivity index (χ0) is 22.7. The number of carbonyl (C=O) groups excluding carboxylic acids is 1. The van der Waals surface area contributed by atoms with Crippen LogP contribution in [0.1, 0.15) is 22.8 Å². The van der Waals surface area contributed by atoms with Crippen molar-refractivity contribution in [1.82, 2.24) is 9.55 Å². The molecule has 4 rings (SSSR count). The molecule has 1 amide bonds. The Hall–Kier alpha value is -4.20. The van der Waals surface area contributed by atoms with Gasteiger partial charge in [0, 0.05) is 23.9 Å². The number of ether oxygens (including phenoxy) is 1. The average Bonchev–Trinajstić information content (AvgIpc) is 2.78. The van der Waals surface area contributed by atoms with E-state index in [1.54, 1.807) is 43.3 Å². The molecule has 162 valence electrons. The molecule has 3 aromatic carbocycles. The molecule has 0 aliphatic heterocycles. The third-order valence-corrected chi connectivity index (χ3v) is 4.95. The van der Waals surface area contributed by atoms with Crippen molar-refractivity contribution >= 4 is 22.5 Å². The summed E-state index contributed by atoms with van der Waals surface area (Å²) in [6.45, 7) is 2.15. The molecule has 32 heavy (non-hydrogen) atoms. The van der Waals surface area contributed by atoms with Crippen molar-refractivity contribution in [1.29, 1.82) is 0 Å². The number of H-pyrrole nitrogens is 1. The number of amides is 1. The zero-order valence-electron chi connectivity index (χ0n) is 17.2. The third-order valence-electron chi connectivity index (χ3n) is 4.95. The molecule has 1 aromatic heterocycles. The fraction of sp³-hybridized carbons (Fsp3) is 0.125. The van der Waals surface area contributed by atoms with E-state index in [0.29, 0.717) is 27.9 Å². The van der Waals surface area contributed by atoms with Gasteiger partial charge in [-0.3, -0.25) is 14.2 Å². The molecule has 8 heteroatoms. The van der Waals surface area contributed by atoms with Crippen LogP contribution in [0, 0.1) is 5.82 Å². The lowest BCUT2D eigenvalue weighted by Crippen LogP contribution is -2.34. The highest BCUT2D eigenvalue weighted by molar-refractivity contribution is 6.06. The number of benzene rings is 3. The number of carbonyl (C=O) groups is 1. The first-order valence-corrected chi connectivity index (χ1v) is 10.00. The number of nitrogens with one attached hydrogen (secondary N) is 2. The molecular weight excluding hydrogens is 413 g/mol. The predicted octanol–water partition coefficient (Wildman–Crippen LogP) is 3.68. The van der Waals surface area contributed by atoms with E-state index in [1.165, 1.54) is 30.3 Å². The fourth-order valence-electron chi connectivity index (χ4n) is 3.34. The van der Waals surface area contributed by atoms with E-state index in [-0.39, 0.29) is 24.5 Å². The summed E-state index contributed by atoms with van der Waals surface area (Å²) in [4.78, 5) is 39.8. The van der Waals surface area contributed by atoms with Crippen LogP contribution in [0.3, 0.4) is 0 Å². The van der Waals surface area contributed by atoms with Gasteiger partial charge in [-0.15, -0.1) is 0 Å². The van der Waals surface area contributed by atoms with Gasteiger partial charge in [-0.25, -0.2) is 9.18 Å². The van der Waals surface area contributed by atoms with Crippen molar-refractivity contribution < 1.29 is 13.9 Å². The Balaban J connectivity index is 1.51. The molecule has 1 heterocycles. The first-order valence-electron chi connectivity index (χ1n) is 10.00. The second-order valence-electron chi connectivity index (χ2n) is 7.14. The van der Waals surface area contributed by atoms with Crippen LogP contribution in [-0.2, 0) is 13.2 Å². The number of aromatic amines is 1. The van der Waals surface area contributed by atoms with Gasteiger partial charge in [-0.1, -0.05) is 18.2 Å². The minimum atomic E-state index is -0.522. The fourth-order valence-corrected chi connectivity index (χ4v) is 3.34. The lowest BCUT2D eigenvalue weighted by atomic mass is 10.1. The Labute approximate surface area is 182 Å². The summed E-state index contributed by atoms with van der Waals surface area (Å²) in [6, 6.07) is 17.5. The number of fused-ring (bicyclic) bond motifs is 1. The molecular formula is C24H20FN3O4. The Morgan fingerprint density at radius 1 is 1.06 bits per heavy atom. The number of hydrogen-bond donors (Lipinski definition) is 2. The largest absolute Gasteiger partial charge is 0.489 e. The van der Waals surface area contributed by atoms with Gasteiger partial charge in [0.05, 0.1) is 10.9 Å². The Morgan fingerprint density at radius 2 is 1.88 bits per heavy atom. The van der Waals surface area contributed by atoms with Gasteiger partial charge in [0.25, 0.3) is 11.5 Å². The Kier molecular flexibility index (Phi) is 5.85. The smallest absolute Gasteiger partial charge is 0.328 e. The minimum Gasteiger partial charge on any atom is -0.489 e. The van der Waals surface area contributed by atoms with Gasteiger partial charge in [0.15, 0.2) is 0 Å². The van der Waals surface area contributed by atoms with Gasteiger partial charge >= 0.3 is 5.69 Å². The van der Waals surface area contributed by atoms with Crippen molar-refractivity contribution in [2.75, 3.05) is 5.32 Å². The maximum atomic E-state index is 13.3. The van der Waals surface area contributed by atoms with Crippen LogP contribution < -0.4 is 21.3 Å². The summed E-state index contributed by atoms with van der Waals surface area (Å²) in [5.74, 6) is -0.234. The predicted molar refractivity (Wildman–Crippen MR) is 120 cm³/mol. The second-order valence-corrected chi connectivity index (χ2v) is 7.14. The van der Waals surface area contributed by atoms with Crippen molar-refractivity contribution in [3.8, 4) is 5.75 Å². The van der Waals surface area contributed by atoms with Gasteiger partial charge in [0.2, 0.25) is 0 Å². The molecule has 0 spiro atoms. The van der Waals surface area contributed by atoms with E-state index in [0.717, 1.165) is 4.57 Å². The highest BCUT2D eigenvalue weighted by atomic mass is 19.1. The van der Waals surface area contributed by atoms with E-state index in [9.17, 15) is 18.8 Å². The zero-order valence-corrected chi connectivity index (χ0v) is 17.2. The highest BCUT2D eigenvalue weighted by Gasteiger charge is 2.11. The summed E-state index contributed by atoms with van der Waals surface area (Å²) in [5.41, 5.74) is 0.845. The number of halogens is 1. The molecule has 0 radical (unpaired) electrons. The number of aromatic nitrogens is 2. The molecule has 2 N–H and O–H groups in total. The number of rotatable bonds is 6. The molecule has 0 saturated carbocycles. The van der Waals surface area contributed by atoms with E-state index in [4.69, 9.17) is 4.74 Å². The second kappa shape index (κ2) is 8.89. The standard InChI is InChI=1S/C24H20FN3O4/c1-2-28-23(30)20-10-9-16(12-21(20)27-24(28)31)22(29)26-18-7-4-8-19(13-18)32-14-15-5-3-6-17(25)11-15/h3-13H,2,14H2,1H3,(H,26,29)(H,27,31). The van der Waals surface area contributed by atoms with Crippen LogP contribution in [0.4, 0.5) is 10.1 Å². The van der Waals surface area contributed by atoms with Crippen LogP contribution in [0.15, 0.2) is 76.3 Å². The van der Waals surface area contributed by atoms with Gasteiger partial charge in [-0.2, -0.15) is 0 Å². The van der Waals surface area contributed by atoms with E-state index >= 15 is 0 Å². The van der Waals surface area contributed by atoms with E-state index in [2.05, 4.69) is 10.3 Å². The monoisotopic (exact) mass is 433 g/mol. The lowest BCUT2D eigenvalue weighted by Gasteiger charge is -2.10. The molecule has 0 aliphatic carbocycles. The maximum Gasteiger partial charge on any atom is 0.328 e. The maximum absolute atomic E-state index is 13.3. The van der Waals surface area contributed by atoms with Crippen LogP contribution in [0.2, 0.25) is 0 Å². The first-order chi connectivity index (χ1) is 15.4. The normalized spacial score (nSPS) is 10.8. The Morgan fingerprint density at radius 3 is 2.66 bits per heavy atom. The summed E-state index contributed by atoms with van der Waals surface area (Å²) < 4.78 is 20.1. The summed E-state index contributed by atoms with van der Waals surface area (Å²) >= 11 is 0. The molecule has 0 bridgehead atoms. The number of nitrogens with zero attached hydrogens (tertiary/aromatic N) is 1. The van der Waals surface area contributed by atoms with Crippen molar-refractivity contribution in [2.24, 2.45) is 0 Å². The molecule has 0 fully saturated rings. The summed E-state index contributed by atoms with van der Waals surface area (Å²) in [7, 11) is 0. The number of hydrogen-bond acceptors (Lipinski definition) is 4. The quantitative estimate of drug-likeness (QED) is 0.485. The van der Waals surface area contributed by atoms with Crippen LogP contribution in [-0.4, -0.2) is 15.5 Å². The van der Waals surface area contributed by atoms with Crippen LogP contribution in [0.25, 0.3) is 10.9 Å². The van der Waals surface area contributed by atoms with Gasteiger partial charge in [-0.05, 0) is 55.0 Å². The summed E-state index contributed by atoms with van der Waals surface area (Å²) in [5, 5.41) is 3.10. The SMILES string of the molecule is CCn1c(=O)[nH]c2cc(C(=O)Nc3cccc(OCc4cccc(F)c4)c3)ccc2c1=O. The molecule has 0 aliphatic rings. The van der Waals surface area contributed by atoms with Crippen molar-refractivity contribution in [3.63, 3.8) is 0 Å². The highest BCUT2D eigenvalue weighted by Crippen LogP contribution is 2.20. The Bertz CT molecular complexity index is 1420. The molecule has 0 saturated heterocycles. The van der Waals surface area contributed by atoms with E-state index < -0.39 is 17.2 Å².